The number of hydrogen-bond acceptors (Lipinski definition) is 4. The van der Waals surface area contributed by atoms with Crippen LogP contribution in [0.4, 0.5) is 0 Å². The molecule has 0 unspecified atom stereocenters. The van der Waals surface area contributed by atoms with E-state index >= 15 is 0 Å². The summed E-state index contributed by atoms with van der Waals surface area (Å²) in [5, 5.41) is 3.70. The van der Waals surface area contributed by atoms with Gasteiger partial charge in [-0.05, 0) is 29.8 Å². The summed E-state index contributed by atoms with van der Waals surface area (Å²) in [7, 11) is 3.00. The number of rotatable bonds is 5. The Morgan fingerprint density at radius 1 is 1.12 bits per heavy atom. The Labute approximate surface area is 154 Å². The highest BCUT2D eigenvalue weighted by Crippen LogP contribution is 2.32. The van der Waals surface area contributed by atoms with Gasteiger partial charge in [0, 0.05) is 17.8 Å². The third-order valence-corrected chi connectivity index (χ3v) is 4.26. The number of benzene rings is 2. The van der Waals surface area contributed by atoms with E-state index in [9.17, 15) is 9.59 Å². The number of fused-ring (bicyclic) bond motifs is 1. The first-order valence-corrected chi connectivity index (χ1v) is 8.22. The summed E-state index contributed by atoms with van der Waals surface area (Å²) in [6.45, 7) is 0.291. The van der Waals surface area contributed by atoms with Gasteiger partial charge >= 0.3 is 0 Å². The van der Waals surface area contributed by atoms with Crippen molar-refractivity contribution in [2.75, 3.05) is 14.2 Å². The topological polar surface area (TPSA) is 80.4 Å². The molecule has 0 radical (unpaired) electrons. The molecule has 0 fully saturated rings. The zero-order valence-corrected chi connectivity index (χ0v) is 15.0. The highest BCUT2D eigenvalue weighted by atomic mass is 35.5. The molecule has 7 heteroatoms. The summed E-state index contributed by atoms with van der Waals surface area (Å²) in [6.07, 6.45) is 1.38. The van der Waals surface area contributed by atoms with Crippen molar-refractivity contribution in [3.8, 4) is 11.5 Å². The molecule has 26 heavy (non-hydrogen) atoms. The van der Waals surface area contributed by atoms with Gasteiger partial charge in [-0.1, -0.05) is 23.7 Å². The number of hydrogen-bond donors (Lipinski definition) is 2. The van der Waals surface area contributed by atoms with E-state index in [1.54, 1.807) is 24.3 Å². The Hall–Kier alpha value is -2.99. The van der Waals surface area contributed by atoms with Crippen molar-refractivity contribution in [2.24, 2.45) is 0 Å². The van der Waals surface area contributed by atoms with Gasteiger partial charge in [-0.15, -0.1) is 0 Å². The maximum absolute atomic E-state index is 12.7. The average Bonchev–Trinajstić information content (AvgIpc) is 2.66. The highest BCUT2D eigenvalue weighted by Gasteiger charge is 2.17. The SMILES string of the molecule is COc1ccc2c(=O)c(C(=O)NCc3ccc(Cl)cc3)c[nH]c2c1OC. The summed E-state index contributed by atoms with van der Waals surface area (Å²) in [5.41, 5.74) is 1.00. The molecule has 1 amide bonds. The molecule has 2 aromatic carbocycles. The Morgan fingerprint density at radius 3 is 2.50 bits per heavy atom. The fourth-order valence-corrected chi connectivity index (χ4v) is 2.79. The second kappa shape index (κ2) is 7.49. The van der Waals surface area contributed by atoms with Crippen LogP contribution in [-0.2, 0) is 6.54 Å². The minimum absolute atomic E-state index is 0.0266. The number of nitrogens with one attached hydrogen (secondary N) is 2. The van der Waals surface area contributed by atoms with E-state index in [-0.39, 0.29) is 11.0 Å². The fourth-order valence-electron chi connectivity index (χ4n) is 2.66. The van der Waals surface area contributed by atoms with Crippen molar-refractivity contribution in [3.05, 3.63) is 69.0 Å². The van der Waals surface area contributed by atoms with Crippen LogP contribution in [0.2, 0.25) is 5.02 Å². The molecule has 2 N–H and O–H groups in total. The Kier molecular flexibility index (Phi) is 5.14. The molecule has 1 aromatic heterocycles. The van der Waals surface area contributed by atoms with Gasteiger partial charge in [0.25, 0.3) is 5.91 Å². The molecule has 6 nitrogen and oxygen atoms in total. The van der Waals surface area contributed by atoms with Crippen molar-refractivity contribution in [2.45, 2.75) is 6.54 Å². The number of aromatic amines is 1. The lowest BCUT2D eigenvalue weighted by atomic mass is 10.1. The van der Waals surface area contributed by atoms with Gasteiger partial charge in [-0.25, -0.2) is 0 Å². The van der Waals surface area contributed by atoms with E-state index in [1.807, 2.05) is 12.1 Å². The smallest absolute Gasteiger partial charge is 0.257 e. The number of halogens is 1. The number of amides is 1. The fraction of sp³-hybridized carbons (Fsp3) is 0.158. The Balaban J connectivity index is 1.90. The summed E-state index contributed by atoms with van der Waals surface area (Å²) in [5.74, 6) is 0.448. The van der Waals surface area contributed by atoms with Crippen LogP contribution in [0.25, 0.3) is 10.9 Å². The molecule has 0 saturated carbocycles. The second-order valence-corrected chi connectivity index (χ2v) is 6.00. The Morgan fingerprint density at radius 2 is 1.85 bits per heavy atom. The van der Waals surface area contributed by atoms with Crippen LogP contribution >= 0.6 is 11.6 Å². The van der Waals surface area contributed by atoms with E-state index in [4.69, 9.17) is 21.1 Å². The van der Waals surface area contributed by atoms with Crippen LogP contribution in [0.5, 0.6) is 11.5 Å². The molecule has 0 spiro atoms. The van der Waals surface area contributed by atoms with Crippen LogP contribution in [0, 0.1) is 0 Å². The average molecular weight is 373 g/mol. The van der Waals surface area contributed by atoms with Gasteiger partial charge in [0.1, 0.15) is 5.56 Å². The molecule has 3 rings (SSSR count). The molecular weight excluding hydrogens is 356 g/mol. The van der Waals surface area contributed by atoms with Crippen LogP contribution in [0.15, 0.2) is 47.4 Å². The number of methoxy groups -OCH3 is 2. The first kappa shape index (κ1) is 17.8. The lowest BCUT2D eigenvalue weighted by Crippen LogP contribution is -2.28. The maximum Gasteiger partial charge on any atom is 0.257 e. The zero-order valence-electron chi connectivity index (χ0n) is 14.3. The number of carbonyl (C=O) groups excluding carboxylic acids is 1. The third kappa shape index (κ3) is 3.36. The van der Waals surface area contributed by atoms with Crippen molar-refractivity contribution >= 4 is 28.4 Å². The van der Waals surface area contributed by atoms with E-state index in [0.29, 0.717) is 34.0 Å². The van der Waals surface area contributed by atoms with Crippen LogP contribution in [-0.4, -0.2) is 25.1 Å². The van der Waals surface area contributed by atoms with Crippen molar-refractivity contribution < 1.29 is 14.3 Å². The van der Waals surface area contributed by atoms with Gasteiger partial charge in [-0.3, -0.25) is 9.59 Å². The Bertz CT molecular complexity index is 1010. The molecule has 0 atom stereocenters. The molecule has 1 heterocycles. The molecule has 0 aliphatic rings. The predicted octanol–water partition coefficient (Wildman–Crippen LogP) is 3.13. The number of ether oxygens (including phenoxy) is 2. The first-order chi connectivity index (χ1) is 12.5. The van der Waals surface area contributed by atoms with Crippen LogP contribution in [0.3, 0.4) is 0 Å². The predicted molar refractivity (Wildman–Crippen MR) is 100 cm³/mol. The second-order valence-electron chi connectivity index (χ2n) is 5.56. The molecule has 0 aliphatic heterocycles. The molecule has 0 aliphatic carbocycles. The first-order valence-electron chi connectivity index (χ1n) is 7.84. The van der Waals surface area contributed by atoms with Crippen molar-refractivity contribution in [1.82, 2.24) is 10.3 Å². The summed E-state index contributed by atoms with van der Waals surface area (Å²) < 4.78 is 10.5. The number of H-pyrrole nitrogens is 1. The van der Waals surface area contributed by atoms with Crippen LogP contribution < -0.4 is 20.2 Å². The zero-order chi connectivity index (χ0) is 18.7. The lowest BCUT2D eigenvalue weighted by molar-refractivity contribution is 0.0949. The van der Waals surface area contributed by atoms with Crippen molar-refractivity contribution in [3.63, 3.8) is 0 Å². The quantitative estimate of drug-likeness (QED) is 0.721. The van der Waals surface area contributed by atoms with Gasteiger partial charge in [0.05, 0.1) is 25.1 Å². The van der Waals surface area contributed by atoms with Gasteiger partial charge < -0.3 is 19.8 Å². The number of carbonyl (C=O) groups is 1. The van der Waals surface area contributed by atoms with Crippen LogP contribution in [0.1, 0.15) is 15.9 Å². The van der Waals surface area contributed by atoms with Gasteiger partial charge in [0.2, 0.25) is 5.43 Å². The van der Waals surface area contributed by atoms with E-state index in [2.05, 4.69) is 10.3 Å². The normalized spacial score (nSPS) is 10.6. The largest absolute Gasteiger partial charge is 0.493 e. The maximum atomic E-state index is 12.7. The highest BCUT2D eigenvalue weighted by molar-refractivity contribution is 6.30. The standard InChI is InChI=1S/C19H17ClN2O4/c1-25-15-8-7-13-16(18(15)26-2)21-10-14(17(13)23)19(24)22-9-11-3-5-12(20)6-4-11/h3-8,10H,9H2,1-2H3,(H,21,23)(H,22,24). The summed E-state index contributed by atoms with van der Waals surface area (Å²) in [4.78, 5) is 28.1. The van der Waals surface area contributed by atoms with E-state index in [1.165, 1.54) is 20.4 Å². The van der Waals surface area contributed by atoms with Crippen molar-refractivity contribution in [1.29, 1.82) is 0 Å². The molecular formula is C19H17ClN2O4. The van der Waals surface area contributed by atoms with Gasteiger partial charge in [-0.2, -0.15) is 0 Å². The van der Waals surface area contributed by atoms with Gasteiger partial charge in [0.15, 0.2) is 11.5 Å². The molecule has 0 saturated heterocycles. The summed E-state index contributed by atoms with van der Waals surface area (Å²) >= 11 is 5.84. The monoisotopic (exact) mass is 372 g/mol. The number of pyridine rings is 1. The van der Waals surface area contributed by atoms with E-state index in [0.717, 1.165) is 5.56 Å². The van der Waals surface area contributed by atoms with E-state index < -0.39 is 5.91 Å². The minimum atomic E-state index is -0.460. The lowest BCUT2D eigenvalue weighted by Gasteiger charge is -2.11. The molecule has 0 bridgehead atoms. The number of aromatic nitrogens is 1. The molecule has 3 aromatic rings. The summed E-state index contributed by atoms with van der Waals surface area (Å²) in [6, 6.07) is 10.3. The molecule has 134 valence electrons. The third-order valence-electron chi connectivity index (χ3n) is 4.01. The minimum Gasteiger partial charge on any atom is -0.493 e.